The van der Waals surface area contributed by atoms with E-state index in [4.69, 9.17) is 0 Å². The molecule has 24 heavy (non-hydrogen) atoms. The fraction of sp³-hybridized carbons (Fsp3) is 0.429. The van der Waals surface area contributed by atoms with Crippen LogP contribution in [0.25, 0.3) is 0 Å². The number of rotatable bonds is 5. The lowest BCUT2D eigenvalue weighted by Crippen LogP contribution is -2.20. The van der Waals surface area contributed by atoms with Gasteiger partial charge in [-0.05, 0) is 78.8 Å². The first-order valence-electron chi connectivity index (χ1n) is 9.04. The molecular weight excluding hydrogens is 296 g/mol. The van der Waals surface area contributed by atoms with E-state index in [1.54, 1.807) is 0 Å². The van der Waals surface area contributed by atoms with E-state index < -0.39 is 0 Å². The number of amides is 1. The largest absolute Gasteiger partial charge is 0.326 e. The molecule has 2 bridgehead atoms. The summed E-state index contributed by atoms with van der Waals surface area (Å²) in [6.07, 6.45) is 10.6. The zero-order valence-corrected chi connectivity index (χ0v) is 13.9. The van der Waals surface area contributed by atoms with Crippen molar-refractivity contribution in [3.05, 3.63) is 59.9 Å². The van der Waals surface area contributed by atoms with Gasteiger partial charge in [-0.3, -0.25) is 9.78 Å². The molecule has 0 aliphatic heterocycles. The first-order chi connectivity index (χ1) is 11.8. The second kappa shape index (κ2) is 6.76. The highest BCUT2D eigenvalue weighted by atomic mass is 16.1. The second-order valence-electron chi connectivity index (χ2n) is 7.42. The number of anilines is 1. The number of nitrogens with zero attached hydrogens (tertiary/aromatic N) is 1. The van der Waals surface area contributed by atoms with Gasteiger partial charge in [0.25, 0.3) is 0 Å². The highest BCUT2D eigenvalue weighted by molar-refractivity contribution is 5.90. The molecule has 2 aliphatic rings. The van der Waals surface area contributed by atoms with Gasteiger partial charge in [0.05, 0.1) is 0 Å². The molecule has 1 amide bonds. The Bertz CT molecular complexity index is 696. The maximum atomic E-state index is 12.3. The summed E-state index contributed by atoms with van der Waals surface area (Å²) >= 11 is 0. The summed E-state index contributed by atoms with van der Waals surface area (Å²) in [5.74, 6) is 2.51. The van der Waals surface area contributed by atoms with Crippen LogP contribution in [0.2, 0.25) is 0 Å². The Kier molecular flexibility index (Phi) is 4.33. The highest BCUT2D eigenvalue weighted by Crippen LogP contribution is 2.49. The van der Waals surface area contributed by atoms with Crippen molar-refractivity contribution in [2.75, 3.05) is 5.32 Å². The summed E-state index contributed by atoms with van der Waals surface area (Å²) in [4.78, 5) is 16.3. The summed E-state index contributed by atoms with van der Waals surface area (Å²) in [7, 11) is 0. The fourth-order valence-corrected chi connectivity index (χ4v) is 4.52. The molecule has 1 N–H and O–H groups in total. The second-order valence-corrected chi connectivity index (χ2v) is 7.42. The molecule has 3 atom stereocenters. The lowest BCUT2D eigenvalue weighted by atomic mass is 9.86. The van der Waals surface area contributed by atoms with Crippen LogP contribution in [0.4, 0.5) is 5.69 Å². The molecule has 124 valence electrons. The van der Waals surface area contributed by atoms with Crippen molar-refractivity contribution in [3.63, 3.8) is 0 Å². The summed E-state index contributed by atoms with van der Waals surface area (Å²) in [6, 6.07) is 12.3. The van der Waals surface area contributed by atoms with E-state index in [0.29, 0.717) is 12.3 Å². The van der Waals surface area contributed by atoms with E-state index in [2.05, 4.69) is 22.4 Å². The number of nitrogens with one attached hydrogen (secondary N) is 1. The summed E-state index contributed by atoms with van der Waals surface area (Å²) in [5, 5.41) is 3.07. The molecule has 0 unspecified atom stereocenters. The van der Waals surface area contributed by atoms with E-state index in [1.807, 2.05) is 36.7 Å². The minimum absolute atomic E-state index is 0.175. The van der Waals surface area contributed by atoms with Crippen molar-refractivity contribution in [1.29, 1.82) is 0 Å². The summed E-state index contributed by atoms with van der Waals surface area (Å²) in [6.45, 7) is 0. The van der Waals surface area contributed by atoms with Gasteiger partial charge in [-0.1, -0.05) is 18.6 Å². The Morgan fingerprint density at radius 3 is 2.42 bits per heavy atom. The zero-order valence-electron chi connectivity index (χ0n) is 13.9. The molecule has 1 aromatic heterocycles. The monoisotopic (exact) mass is 320 g/mol. The van der Waals surface area contributed by atoms with E-state index >= 15 is 0 Å². The van der Waals surface area contributed by atoms with Crippen molar-refractivity contribution in [1.82, 2.24) is 4.98 Å². The van der Waals surface area contributed by atoms with Gasteiger partial charge in [-0.2, -0.15) is 0 Å². The maximum absolute atomic E-state index is 12.3. The van der Waals surface area contributed by atoms with E-state index in [-0.39, 0.29) is 5.91 Å². The summed E-state index contributed by atoms with van der Waals surface area (Å²) in [5.41, 5.74) is 3.40. The molecule has 0 radical (unpaired) electrons. The van der Waals surface area contributed by atoms with E-state index in [0.717, 1.165) is 23.9 Å². The number of benzene rings is 1. The zero-order chi connectivity index (χ0) is 16.4. The highest BCUT2D eigenvalue weighted by Gasteiger charge is 2.40. The van der Waals surface area contributed by atoms with Crippen molar-refractivity contribution in [3.8, 4) is 0 Å². The number of fused-ring (bicyclic) bond motifs is 2. The molecule has 4 rings (SSSR count). The minimum atomic E-state index is 0.175. The molecule has 0 spiro atoms. The number of carbonyl (C=O) groups excluding carboxylic acids is 1. The molecule has 1 aromatic carbocycles. The number of pyridine rings is 1. The molecule has 3 nitrogen and oxygen atoms in total. The van der Waals surface area contributed by atoms with Gasteiger partial charge in [0.15, 0.2) is 0 Å². The van der Waals surface area contributed by atoms with E-state index in [9.17, 15) is 4.79 Å². The van der Waals surface area contributed by atoms with Gasteiger partial charge < -0.3 is 5.32 Å². The smallest absolute Gasteiger partial charge is 0.224 e. The van der Waals surface area contributed by atoms with Crippen LogP contribution in [0.15, 0.2) is 48.8 Å². The predicted octanol–water partition coefficient (Wildman–Crippen LogP) is 4.44. The average molecular weight is 320 g/mol. The third kappa shape index (κ3) is 3.50. The minimum Gasteiger partial charge on any atom is -0.326 e. The Morgan fingerprint density at radius 1 is 1.00 bits per heavy atom. The number of hydrogen-bond acceptors (Lipinski definition) is 2. The average Bonchev–Trinajstić information content (AvgIpc) is 3.20. The Labute approximate surface area is 143 Å². The van der Waals surface area contributed by atoms with Crippen LogP contribution in [0.3, 0.4) is 0 Å². The standard InChI is InChI=1S/C21H24N2O/c24-21(14-19-13-17-1-4-18(19)12-17)23-20-5-2-15(3-6-20)11-16-7-9-22-10-8-16/h2-3,5-10,17-19H,1,4,11-14H2,(H,23,24)/t17-,18-,19-/m0/s1. The first-order valence-corrected chi connectivity index (χ1v) is 9.04. The van der Waals surface area contributed by atoms with Crippen molar-refractivity contribution < 1.29 is 4.79 Å². The number of aromatic nitrogens is 1. The lowest BCUT2D eigenvalue weighted by Gasteiger charge is -2.20. The van der Waals surface area contributed by atoms with Crippen molar-refractivity contribution >= 4 is 11.6 Å². The van der Waals surface area contributed by atoms with Crippen molar-refractivity contribution in [2.24, 2.45) is 17.8 Å². The SMILES string of the molecule is O=C(C[C@@H]1C[C@H]2CC[C@H]1C2)Nc1ccc(Cc2ccncc2)cc1. The Hall–Kier alpha value is -2.16. The third-order valence-electron chi connectivity index (χ3n) is 5.73. The quantitative estimate of drug-likeness (QED) is 0.885. The van der Waals surface area contributed by atoms with Crippen LogP contribution < -0.4 is 5.32 Å². The molecule has 2 aromatic rings. The van der Waals surface area contributed by atoms with Gasteiger partial charge in [0.1, 0.15) is 0 Å². The van der Waals surface area contributed by atoms with Gasteiger partial charge in [-0.15, -0.1) is 0 Å². The normalized spacial score (nSPS) is 24.9. The lowest BCUT2D eigenvalue weighted by molar-refractivity contribution is -0.117. The molecule has 2 fully saturated rings. The van der Waals surface area contributed by atoms with Gasteiger partial charge in [-0.25, -0.2) is 0 Å². The van der Waals surface area contributed by atoms with Crippen LogP contribution in [0.1, 0.15) is 43.2 Å². The molecule has 0 saturated heterocycles. The Morgan fingerprint density at radius 2 is 1.75 bits per heavy atom. The van der Waals surface area contributed by atoms with Crippen LogP contribution >= 0.6 is 0 Å². The maximum Gasteiger partial charge on any atom is 0.224 e. The topological polar surface area (TPSA) is 42.0 Å². The fourth-order valence-electron chi connectivity index (χ4n) is 4.52. The van der Waals surface area contributed by atoms with Crippen LogP contribution in [-0.4, -0.2) is 10.9 Å². The molecular formula is C21H24N2O. The predicted molar refractivity (Wildman–Crippen MR) is 95.7 cm³/mol. The molecule has 3 heteroatoms. The third-order valence-corrected chi connectivity index (χ3v) is 5.73. The van der Waals surface area contributed by atoms with Crippen LogP contribution in [-0.2, 0) is 11.2 Å². The first kappa shape index (κ1) is 15.4. The Balaban J connectivity index is 1.31. The van der Waals surface area contributed by atoms with E-state index in [1.165, 1.54) is 36.8 Å². The number of hydrogen-bond donors (Lipinski definition) is 1. The van der Waals surface area contributed by atoms with Gasteiger partial charge >= 0.3 is 0 Å². The van der Waals surface area contributed by atoms with Crippen molar-refractivity contribution in [2.45, 2.75) is 38.5 Å². The molecule has 2 saturated carbocycles. The number of carbonyl (C=O) groups is 1. The van der Waals surface area contributed by atoms with Crippen LogP contribution in [0, 0.1) is 17.8 Å². The summed E-state index contributed by atoms with van der Waals surface area (Å²) < 4.78 is 0. The molecule has 2 aliphatic carbocycles. The molecule has 1 heterocycles. The van der Waals surface area contributed by atoms with Gasteiger partial charge in [0.2, 0.25) is 5.91 Å². The van der Waals surface area contributed by atoms with Gasteiger partial charge in [0, 0.05) is 24.5 Å². The van der Waals surface area contributed by atoms with Crippen LogP contribution in [0.5, 0.6) is 0 Å².